The molecular weight excluding hydrogens is 164 g/mol. The minimum atomic E-state index is 0.0141. The van der Waals surface area contributed by atoms with Gasteiger partial charge in [0.25, 0.3) is 0 Å². The normalized spacial score (nSPS) is 40.7. The van der Waals surface area contributed by atoms with Crippen molar-refractivity contribution in [2.75, 3.05) is 7.11 Å². The fraction of sp³-hybridized carbons (Fsp3) is 0.909. The molecule has 0 aromatic carbocycles. The summed E-state index contributed by atoms with van der Waals surface area (Å²) in [5, 5.41) is 0. The van der Waals surface area contributed by atoms with Crippen LogP contribution in [0.2, 0.25) is 0 Å². The van der Waals surface area contributed by atoms with E-state index >= 15 is 0 Å². The van der Waals surface area contributed by atoms with Crippen LogP contribution in [0.25, 0.3) is 0 Å². The van der Waals surface area contributed by atoms with E-state index in [9.17, 15) is 4.79 Å². The lowest BCUT2D eigenvalue weighted by Crippen LogP contribution is -2.25. The molecule has 13 heavy (non-hydrogen) atoms. The Balaban J connectivity index is 2.17. The van der Waals surface area contributed by atoms with Crippen LogP contribution in [-0.2, 0) is 9.53 Å². The average Bonchev–Trinajstić information content (AvgIpc) is 2.54. The van der Waals surface area contributed by atoms with Crippen LogP contribution in [0.1, 0.15) is 33.1 Å². The van der Waals surface area contributed by atoms with E-state index < -0.39 is 0 Å². The first-order valence-corrected chi connectivity index (χ1v) is 5.15. The summed E-state index contributed by atoms with van der Waals surface area (Å²) in [6.45, 7) is 4.61. The molecule has 0 aromatic rings. The van der Waals surface area contributed by atoms with Gasteiger partial charge in [0.1, 0.15) is 0 Å². The Morgan fingerprint density at radius 2 is 2.08 bits per heavy atom. The molecule has 2 rings (SSSR count). The molecule has 0 saturated heterocycles. The van der Waals surface area contributed by atoms with Crippen molar-refractivity contribution >= 4 is 5.97 Å². The van der Waals surface area contributed by atoms with E-state index in [1.54, 1.807) is 0 Å². The predicted molar refractivity (Wildman–Crippen MR) is 50.1 cm³/mol. The lowest BCUT2D eigenvalue weighted by atomic mass is 9.80. The van der Waals surface area contributed by atoms with Crippen molar-refractivity contribution in [3.63, 3.8) is 0 Å². The lowest BCUT2D eigenvalue weighted by molar-refractivity contribution is -0.147. The number of rotatable bonds is 1. The van der Waals surface area contributed by atoms with Gasteiger partial charge in [-0.2, -0.15) is 0 Å². The molecule has 0 aromatic heterocycles. The quantitative estimate of drug-likeness (QED) is 0.581. The number of methoxy groups -OCH3 is 1. The highest BCUT2D eigenvalue weighted by Crippen LogP contribution is 2.60. The fourth-order valence-corrected chi connectivity index (χ4v) is 3.45. The second kappa shape index (κ2) is 2.73. The molecular formula is C11H18O2. The monoisotopic (exact) mass is 182 g/mol. The average molecular weight is 182 g/mol. The number of carbonyl (C=O) groups is 1. The van der Waals surface area contributed by atoms with Crippen LogP contribution in [0.4, 0.5) is 0 Å². The first kappa shape index (κ1) is 9.04. The summed E-state index contributed by atoms with van der Waals surface area (Å²) in [4.78, 5) is 11.5. The molecule has 0 radical (unpaired) electrons. The molecule has 2 heteroatoms. The maximum absolute atomic E-state index is 11.5. The van der Waals surface area contributed by atoms with Crippen molar-refractivity contribution in [2.24, 2.45) is 23.2 Å². The summed E-state index contributed by atoms with van der Waals surface area (Å²) in [5.74, 6) is 1.53. The second-order valence-corrected chi connectivity index (χ2v) is 5.07. The van der Waals surface area contributed by atoms with E-state index in [1.807, 2.05) is 0 Å². The Kier molecular flexibility index (Phi) is 1.90. The van der Waals surface area contributed by atoms with Gasteiger partial charge in [0.05, 0.1) is 13.0 Å². The van der Waals surface area contributed by atoms with Crippen molar-refractivity contribution < 1.29 is 9.53 Å². The number of carbonyl (C=O) groups excluding carboxylic acids is 1. The van der Waals surface area contributed by atoms with Crippen LogP contribution >= 0.6 is 0 Å². The topological polar surface area (TPSA) is 26.3 Å². The smallest absolute Gasteiger partial charge is 0.308 e. The Morgan fingerprint density at radius 1 is 1.38 bits per heavy atom. The molecule has 0 N–H and O–H groups in total. The van der Waals surface area contributed by atoms with Crippen LogP contribution in [0, 0.1) is 23.2 Å². The van der Waals surface area contributed by atoms with Crippen LogP contribution in [0.15, 0.2) is 0 Å². The fourth-order valence-electron chi connectivity index (χ4n) is 3.45. The van der Waals surface area contributed by atoms with Gasteiger partial charge in [-0.1, -0.05) is 13.8 Å². The maximum atomic E-state index is 11.5. The second-order valence-electron chi connectivity index (χ2n) is 5.07. The summed E-state index contributed by atoms with van der Waals surface area (Å²) in [6, 6.07) is 0. The summed E-state index contributed by atoms with van der Waals surface area (Å²) in [7, 11) is 1.50. The molecule has 3 atom stereocenters. The summed E-state index contributed by atoms with van der Waals surface area (Å²) in [5.41, 5.74) is 0.374. The third-order valence-electron chi connectivity index (χ3n) is 4.36. The molecule has 0 heterocycles. The SMILES string of the molecule is COC(=O)[C@@H]1C[C@@H]2CC[C@H]1C2(C)C. The van der Waals surface area contributed by atoms with Gasteiger partial charge in [-0.3, -0.25) is 4.79 Å². The van der Waals surface area contributed by atoms with Crippen molar-refractivity contribution in [3.05, 3.63) is 0 Å². The molecule has 74 valence electrons. The lowest BCUT2D eigenvalue weighted by Gasteiger charge is -2.25. The van der Waals surface area contributed by atoms with E-state index in [0.29, 0.717) is 11.3 Å². The van der Waals surface area contributed by atoms with Crippen LogP contribution in [0.5, 0.6) is 0 Å². The zero-order chi connectivity index (χ0) is 9.64. The molecule has 0 aliphatic heterocycles. The summed E-state index contributed by atoms with van der Waals surface area (Å²) >= 11 is 0. The number of fused-ring (bicyclic) bond motifs is 2. The molecule has 0 amide bonds. The maximum Gasteiger partial charge on any atom is 0.308 e. The van der Waals surface area contributed by atoms with E-state index in [4.69, 9.17) is 4.74 Å². The van der Waals surface area contributed by atoms with Gasteiger partial charge in [-0.05, 0) is 36.5 Å². The minimum Gasteiger partial charge on any atom is -0.469 e. The van der Waals surface area contributed by atoms with Gasteiger partial charge in [-0.25, -0.2) is 0 Å². The molecule has 2 nitrogen and oxygen atoms in total. The van der Waals surface area contributed by atoms with Gasteiger partial charge in [0.15, 0.2) is 0 Å². The molecule has 2 bridgehead atoms. The van der Waals surface area contributed by atoms with E-state index in [2.05, 4.69) is 13.8 Å². The number of hydrogen-bond acceptors (Lipinski definition) is 2. The van der Waals surface area contributed by atoms with Gasteiger partial charge in [0.2, 0.25) is 0 Å². The largest absolute Gasteiger partial charge is 0.469 e. The van der Waals surface area contributed by atoms with Crippen LogP contribution < -0.4 is 0 Å². The van der Waals surface area contributed by atoms with Crippen LogP contribution in [0.3, 0.4) is 0 Å². The van der Waals surface area contributed by atoms with Crippen molar-refractivity contribution in [1.82, 2.24) is 0 Å². The highest BCUT2D eigenvalue weighted by molar-refractivity contribution is 5.73. The molecule has 2 fully saturated rings. The molecule has 2 aliphatic rings. The number of ether oxygens (including phenoxy) is 1. The summed E-state index contributed by atoms with van der Waals surface area (Å²) in [6.07, 6.45) is 3.59. The minimum absolute atomic E-state index is 0.0141. The van der Waals surface area contributed by atoms with Crippen molar-refractivity contribution in [1.29, 1.82) is 0 Å². The predicted octanol–water partition coefficient (Wildman–Crippen LogP) is 2.23. The number of hydrogen-bond donors (Lipinski definition) is 0. The van der Waals surface area contributed by atoms with Crippen molar-refractivity contribution in [3.8, 4) is 0 Å². The first-order chi connectivity index (χ1) is 6.07. The van der Waals surface area contributed by atoms with E-state index in [-0.39, 0.29) is 11.9 Å². The third kappa shape index (κ3) is 1.11. The third-order valence-corrected chi connectivity index (χ3v) is 4.36. The molecule has 0 unspecified atom stereocenters. The highest BCUT2D eigenvalue weighted by Gasteiger charge is 2.55. The highest BCUT2D eigenvalue weighted by atomic mass is 16.5. The van der Waals surface area contributed by atoms with Crippen LogP contribution in [-0.4, -0.2) is 13.1 Å². The van der Waals surface area contributed by atoms with Gasteiger partial charge in [-0.15, -0.1) is 0 Å². The Morgan fingerprint density at radius 3 is 2.46 bits per heavy atom. The Bertz CT molecular complexity index is 232. The summed E-state index contributed by atoms with van der Waals surface area (Å²) < 4.78 is 4.84. The molecule has 2 saturated carbocycles. The van der Waals surface area contributed by atoms with Gasteiger partial charge < -0.3 is 4.74 Å². The zero-order valence-corrected chi connectivity index (χ0v) is 8.67. The number of esters is 1. The van der Waals surface area contributed by atoms with Gasteiger partial charge >= 0.3 is 5.97 Å². The first-order valence-electron chi connectivity index (χ1n) is 5.15. The molecule has 2 aliphatic carbocycles. The zero-order valence-electron chi connectivity index (χ0n) is 8.67. The van der Waals surface area contributed by atoms with Gasteiger partial charge in [0, 0.05) is 0 Å². The van der Waals surface area contributed by atoms with Crippen molar-refractivity contribution in [2.45, 2.75) is 33.1 Å². The standard InChI is InChI=1S/C11H18O2/c1-11(2)7-4-5-9(11)8(6-7)10(12)13-3/h7-9H,4-6H2,1-3H3/t7-,8+,9+/m0/s1. The Labute approximate surface area is 79.7 Å². The van der Waals surface area contributed by atoms with E-state index in [1.165, 1.54) is 20.0 Å². The van der Waals surface area contributed by atoms with E-state index in [0.717, 1.165) is 12.3 Å². The molecule has 0 spiro atoms. The Hall–Kier alpha value is -0.530.